The molecule has 0 amide bonds. The van der Waals surface area contributed by atoms with Crippen LogP contribution in [0.5, 0.6) is 0 Å². The van der Waals surface area contributed by atoms with Gasteiger partial charge in [0.05, 0.1) is 0 Å². The van der Waals surface area contributed by atoms with Crippen molar-refractivity contribution < 1.29 is 0 Å². The van der Waals surface area contributed by atoms with E-state index in [1.54, 1.807) is 0 Å². The normalized spacial score (nSPS) is 16.1. The van der Waals surface area contributed by atoms with Gasteiger partial charge < -0.3 is 11.1 Å². The van der Waals surface area contributed by atoms with Gasteiger partial charge in [0.1, 0.15) is 0 Å². The fraction of sp³-hybridized carbons (Fsp3) is 0.400. The van der Waals surface area contributed by atoms with Crippen LogP contribution in [0.25, 0.3) is 0 Å². The molecule has 0 spiro atoms. The lowest BCUT2D eigenvalue weighted by Crippen LogP contribution is -2.03. The maximum atomic E-state index is 5.78. The van der Waals surface area contributed by atoms with E-state index in [1.165, 1.54) is 24.1 Å². The smallest absolute Gasteiger partial charge is 0.0392 e. The highest BCUT2D eigenvalue weighted by Crippen LogP contribution is 2.28. The standard InChI is InChI=1S/C10H14N2/c1-7-9(11)3-2-4-10(7)12-8-5-6-8/h2-4,8,12H,5-6,11H2,1H3. The Hall–Kier alpha value is -1.18. The molecule has 0 unspecified atom stereocenters. The second-order valence-corrected chi connectivity index (χ2v) is 3.44. The maximum absolute atomic E-state index is 5.78. The van der Waals surface area contributed by atoms with Gasteiger partial charge in [-0.25, -0.2) is 0 Å². The van der Waals surface area contributed by atoms with Crippen molar-refractivity contribution in [3.05, 3.63) is 23.8 Å². The van der Waals surface area contributed by atoms with E-state index in [-0.39, 0.29) is 0 Å². The highest BCUT2D eigenvalue weighted by Gasteiger charge is 2.21. The average molecular weight is 162 g/mol. The molecule has 2 nitrogen and oxygen atoms in total. The number of rotatable bonds is 2. The maximum Gasteiger partial charge on any atom is 0.0392 e. The van der Waals surface area contributed by atoms with Crippen molar-refractivity contribution in [3.8, 4) is 0 Å². The quantitative estimate of drug-likeness (QED) is 0.654. The minimum atomic E-state index is 0.700. The van der Waals surface area contributed by atoms with E-state index in [2.05, 4.69) is 18.3 Å². The van der Waals surface area contributed by atoms with E-state index < -0.39 is 0 Å². The van der Waals surface area contributed by atoms with Crippen molar-refractivity contribution in [1.82, 2.24) is 0 Å². The van der Waals surface area contributed by atoms with Gasteiger partial charge in [0.15, 0.2) is 0 Å². The summed E-state index contributed by atoms with van der Waals surface area (Å²) in [5.74, 6) is 0. The van der Waals surface area contributed by atoms with Gasteiger partial charge in [-0.1, -0.05) is 6.07 Å². The minimum Gasteiger partial charge on any atom is -0.398 e. The summed E-state index contributed by atoms with van der Waals surface area (Å²) in [6, 6.07) is 6.72. The van der Waals surface area contributed by atoms with Gasteiger partial charge in [0, 0.05) is 17.4 Å². The lowest BCUT2D eigenvalue weighted by molar-refractivity contribution is 1.15. The third-order valence-corrected chi connectivity index (χ3v) is 2.31. The lowest BCUT2D eigenvalue weighted by Gasteiger charge is -2.09. The molecule has 0 atom stereocenters. The van der Waals surface area contributed by atoms with Crippen molar-refractivity contribution in [3.63, 3.8) is 0 Å². The van der Waals surface area contributed by atoms with Crippen LogP contribution in [0, 0.1) is 6.92 Å². The molecule has 1 aromatic rings. The van der Waals surface area contributed by atoms with Crippen LogP contribution in [-0.2, 0) is 0 Å². The summed E-state index contributed by atoms with van der Waals surface area (Å²) in [7, 11) is 0. The molecule has 0 heterocycles. The Labute approximate surface area is 72.8 Å². The van der Waals surface area contributed by atoms with Crippen LogP contribution in [0.3, 0.4) is 0 Å². The van der Waals surface area contributed by atoms with Gasteiger partial charge in [-0.05, 0) is 37.5 Å². The molecular formula is C10H14N2. The molecule has 0 aliphatic heterocycles. The first-order chi connectivity index (χ1) is 5.77. The minimum absolute atomic E-state index is 0.700. The largest absolute Gasteiger partial charge is 0.398 e. The Morgan fingerprint density at radius 2 is 2.17 bits per heavy atom. The third kappa shape index (κ3) is 1.37. The Bertz CT molecular complexity index is 290. The molecule has 0 aromatic heterocycles. The second kappa shape index (κ2) is 2.70. The van der Waals surface area contributed by atoms with Crippen LogP contribution in [0.4, 0.5) is 11.4 Å². The van der Waals surface area contributed by atoms with E-state index in [1.807, 2.05) is 12.1 Å². The summed E-state index contributed by atoms with van der Waals surface area (Å²) in [4.78, 5) is 0. The van der Waals surface area contributed by atoms with E-state index in [0.717, 1.165) is 5.69 Å². The summed E-state index contributed by atoms with van der Waals surface area (Å²) in [6.45, 7) is 2.06. The first-order valence-electron chi connectivity index (χ1n) is 4.39. The van der Waals surface area contributed by atoms with Gasteiger partial charge >= 0.3 is 0 Å². The summed E-state index contributed by atoms with van der Waals surface area (Å²) in [6.07, 6.45) is 2.60. The predicted molar refractivity (Wildman–Crippen MR) is 52.2 cm³/mol. The van der Waals surface area contributed by atoms with Crippen LogP contribution >= 0.6 is 0 Å². The molecule has 1 fully saturated rings. The van der Waals surface area contributed by atoms with Crippen LogP contribution in [0.15, 0.2) is 18.2 Å². The summed E-state index contributed by atoms with van der Waals surface area (Å²) in [5.41, 5.74) is 9.02. The number of anilines is 2. The van der Waals surface area contributed by atoms with Crippen LogP contribution in [0.2, 0.25) is 0 Å². The fourth-order valence-corrected chi connectivity index (χ4v) is 1.26. The Morgan fingerprint density at radius 1 is 1.42 bits per heavy atom. The lowest BCUT2D eigenvalue weighted by atomic mass is 10.1. The first-order valence-corrected chi connectivity index (χ1v) is 4.39. The molecule has 64 valence electrons. The number of benzene rings is 1. The molecule has 2 rings (SSSR count). The van der Waals surface area contributed by atoms with Gasteiger partial charge in [-0.15, -0.1) is 0 Å². The number of hydrogen-bond donors (Lipinski definition) is 2. The summed E-state index contributed by atoms with van der Waals surface area (Å²) < 4.78 is 0. The zero-order valence-corrected chi connectivity index (χ0v) is 7.30. The van der Waals surface area contributed by atoms with E-state index >= 15 is 0 Å². The Morgan fingerprint density at radius 3 is 2.83 bits per heavy atom. The van der Waals surface area contributed by atoms with Gasteiger partial charge in [-0.2, -0.15) is 0 Å². The van der Waals surface area contributed by atoms with Crippen LogP contribution in [-0.4, -0.2) is 6.04 Å². The van der Waals surface area contributed by atoms with E-state index in [0.29, 0.717) is 6.04 Å². The average Bonchev–Trinajstić information content (AvgIpc) is 2.83. The Balaban J connectivity index is 2.23. The zero-order chi connectivity index (χ0) is 8.55. The molecule has 0 radical (unpaired) electrons. The topological polar surface area (TPSA) is 38.0 Å². The monoisotopic (exact) mass is 162 g/mol. The number of nitrogens with one attached hydrogen (secondary N) is 1. The summed E-state index contributed by atoms with van der Waals surface area (Å²) in [5, 5.41) is 3.44. The van der Waals surface area contributed by atoms with Crippen molar-refractivity contribution in [2.24, 2.45) is 0 Å². The molecule has 1 saturated carbocycles. The van der Waals surface area contributed by atoms with Gasteiger partial charge in [0.25, 0.3) is 0 Å². The third-order valence-electron chi connectivity index (χ3n) is 2.31. The predicted octanol–water partition coefficient (Wildman–Crippen LogP) is 2.15. The SMILES string of the molecule is Cc1c(N)cccc1NC1CC1. The summed E-state index contributed by atoms with van der Waals surface area (Å²) >= 11 is 0. The van der Waals surface area contributed by atoms with Crippen molar-refractivity contribution >= 4 is 11.4 Å². The highest BCUT2D eigenvalue weighted by molar-refractivity contribution is 5.63. The molecule has 12 heavy (non-hydrogen) atoms. The first kappa shape index (κ1) is 7.47. The second-order valence-electron chi connectivity index (χ2n) is 3.44. The molecule has 1 aromatic carbocycles. The van der Waals surface area contributed by atoms with Crippen molar-refractivity contribution in [2.75, 3.05) is 11.1 Å². The van der Waals surface area contributed by atoms with Gasteiger partial charge in [-0.3, -0.25) is 0 Å². The molecule has 0 bridgehead atoms. The molecular weight excluding hydrogens is 148 g/mol. The Kier molecular flexibility index (Phi) is 1.68. The van der Waals surface area contributed by atoms with Crippen LogP contribution in [0.1, 0.15) is 18.4 Å². The molecule has 3 N–H and O–H groups in total. The fourth-order valence-electron chi connectivity index (χ4n) is 1.26. The molecule has 1 aliphatic carbocycles. The molecule has 2 heteroatoms. The van der Waals surface area contributed by atoms with Gasteiger partial charge in [0.2, 0.25) is 0 Å². The molecule has 0 saturated heterocycles. The molecule has 1 aliphatic rings. The van der Waals surface area contributed by atoms with E-state index in [4.69, 9.17) is 5.73 Å². The number of nitrogens with two attached hydrogens (primary N) is 1. The van der Waals surface area contributed by atoms with Crippen LogP contribution < -0.4 is 11.1 Å². The van der Waals surface area contributed by atoms with E-state index in [9.17, 15) is 0 Å². The highest BCUT2D eigenvalue weighted by atomic mass is 15.0. The zero-order valence-electron chi connectivity index (χ0n) is 7.30. The van der Waals surface area contributed by atoms with Crippen molar-refractivity contribution in [1.29, 1.82) is 0 Å². The number of hydrogen-bond acceptors (Lipinski definition) is 2. The van der Waals surface area contributed by atoms with Crippen molar-refractivity contribution in [2.45, 2.75) is 25.8 Å². The number of nitrogen functional groups attached to an aromatic ring is 1.